The van der Waals surface area contributed by atoms with Gasteiger partial charge < -0.3 is 0 Å². The van der Waals surface area contributed by atoms with Gasteiger partial charge in [-0.2, -0.15) is 0 Å². The Morgan fingerprint density at radius 3 is 2.03 bits per heavy atom. The summed E-state index contributed by atoms with van der Waals surface area (Å²) in [7, 11) is 0. The lowest BCUT2D eigenvalue weighted by Gasteiger charge is -2.37. The number of unbranched alkanes of at least 4 members (excludes halogenated alkanes) is 3. The number of rotatable bonds is 12. The Kier molecular flexibility index (Phi) is 8.36. The zero-order chi connectivity index (χ0) is 23.6. The van der Waals surface area contributed by atoms with Crippen LogP contribution in [-0.2, 0) is 18.4 Å². The maximum Gasteiger partial charge on any atom is 0.244 e. The van der Waals surface area contributed by atoms with Crippen molar-refractivity contribution in [2.24, 2.45) is 0 Å². The molecule has 2 heteroatoms. The van der Waals surface area contributed by atoms with Crippen LogP contribution in [0.3, 0.4) is 0 Å². The first kappa shape index (κ1) is 24.0. The van der Waals surface area contributed by atoms with Gasteiger partial charge in [-0.05, 0) is 36.0 Å². The van der Waals surface area contributed by atoms with E-state index in [9.17, 15) is 0 Å². The summed E-state index contributed by atoms with van der Waals surface area (Å²) in [6.07, 6.45) is 14.2. The van der Waals surface area contributed by atoms with Gasteiger partial charge in [-0.15, -0.1) is 0 Å². The number of nitrogens with zero attached hydrogens (tertiary/aromatic N) is 2. The standard InChI is InChI=1S/C32H39N2/c1-3-4-5-15-22-31(34-24-23-33(27-34)26-29-18-11-7-12-19-29)32(2,30-20-13-8-14-21-30)25-28-16-9-6-10-17-28/h6-14,16-21,23-24,27,31H,3-5,15,22,25-26H2,1-2H3/q+1. The molecule has 4 aromatic rings. The number of aromatic nitrogens is 2. The van der Waals surface area contributed by atoms with Gasteiger partial charge >= 0.3 is 0 Å². The van der Waals surface area contributed by atoms with E-state index in [1.54, 1.807) is 0 Å². The van der Waals surface area contributed by atoms with Crippen LogP contribution in [0.4, 0.5) is 0 Å². The first-order valence-corrected chi connectivity index (χ1v) is 12.9. The summed E-state index contributed by atoms with van der Waals surface area (Å²) >= 11 is 0. The lowest BCUT2D eigenvalue weighted by molar-refractivity contribution is -0.688. The topological polar surface area (TPSA) is 8.81 Å². The highest BCUT2D eigenvalue weighted by atomic mass is 15.1. The third-order valence-electron chi connectivity index (χ3n) is 7.19. The molecule has 0 aliphatic heterocycles. The molecule has 0 saturated heterocycles. The predicted octanol–water partition coefficient (Wildman–Crippen LogP) is 7.54. The van der Waals surface area contributed by atoms with E-state index in [0.717, 1.165) is 13.0 Å². The van der Waals surface area contributed by atoms with E-state index in [1.165, 1.54) is 48.8 Å². The Morgan fingerprint density at radius 1 is 0.765 bits per heavy atom. The molecular weight excluding hydrogens is 412 g/mol. The van der Waals surface area contributed by atoms with Crippen molar-refractivity contribution in [3.63, 3.8) is 0 Å². The average molecular weight is 452 g/mol. The van der Waals surface area contributed by atoms with Gasteiger partial charge in [-0.3, -0.25) is 0 Å². The van der Waals surface area contributed by atoms with Crippen LogP contribution in [0.5, 0.6) is 0 Å². The molecule has 176 valence electrons. The summed E-state index contributed by atoms with van der Waals surface area (Å²) in [5, 5.41) is 0. The summed E-state index contributed by atoms with van der Waals surface area (Å²) in [5.74, 6) is 0. The third-order valence-corrected chi connectivity index (χ3v) is 7.19. The third kappa shape index (κ3) is 6.05. The molecule has 0 amide bonds. The molecule has 2 atom stereocenters. The van der Waals surface area contributed by atoms with E-state index in [-0.39, 0.29) is 5.41 Å². The second kappa shape index (κ2) is 11.8. The number of benzene rings is 3. The monoisotopic (exact) mass is 451 g/mol. The zero-order valence-corrected chi connectivity index (χ0v) is 20.8. The molecule has 1 heterocycles. The largest absolute Gasteiger partial charge is 0.244 e. The van der Waals surface area contributed by atoms with Crippen LogP contribution >= 0.6 is 0 Å². The minimum atomic E-state index is -0.0155. The maximum absolute atomic E-state index is 2.49. The van der Waals surface area contributed by atoms with Crippen molar-refractivity contribution in [2.45, 2.75) is 70.4 Å². The van der Waals surface area contributed by atoms with Crippen LogP contribution in [0.25, 0.3) is 0 Å². The molecule has 0 bridgehead atoms. The molecule has 0 saturated carbocycles. The fourth-order valence-electron chi connectivity index (χ4n) is 5.30. The second-order valence-corrected chi connectivity index (χ2v) is 9.83. The Bertz CT molecular complexity index is 1100. The van der Waals surface area contributed by atoms with Crippen molar-refractivity contribution in [1.82, 2.24) is 4.57 Å². The fraction of sp³-hybridized carbons (Fsp3) is 0.344. The second-order valence-electron chi connectivity index (χ2n) is 9.83. The van der Waals surface area contributed by atoms with Crippen molar-refractivity contribution in [3.05, 3.63) is 126 Å². The van der Waals surface area contributed by atoms with Gasteiger partial charge in [0.05, 0.1) is 0 Å². The van der Waals surface area contributed by atoms with Gasteiger partial charge in [0, 0.05) is 5.41 Å². The van der Waals surface area contributed by atoms with Gasteiger partial charge in [0.15, 0.2) is 0 Å². The number of hydrogen-bond donors (Lipinski definition) is 0. The van der Waals surface area contributed by atoms with Crippen LogP contribution in [-0.4, -0.2) is 4.57 Å². The van der Waals surface area contributed by atoms with Crippen molar-refractivity contribution in [1.29, 1.82) is 0 Å². The fourth-order valence-corrected chi connectivity index (χ4v) is 5.30. The van der Waals surface area contributed by atoms with Gasteiger partial charge in [-0.25, -0.2) is 9.13 Å². The average Bonchev–Trinajstić information content (AvgIpc) is 3.33. The van der Waals surface area contributed by atoms with Gasteiger partial charge in [0.1, 0.15) is 25.0 Å². The molecule has 0 fully saturated rings. The summed E-state index contributed by atoms with van der Waals surface area (Å²) in [4.78, 5) is 0. The van der Waals surface area contributed by atoms with Crippen molar-refractivity contribution >= 4 is 0 Å². The van der Waals surface area contributed by atoms with E-state index in [2.05, 4.69) is 133 Å². The minimum absolute atomic E-state index is 0.0155. The Labute approximate surface area is 205 Å². The van der Waals surface area contributed by atoms with Gasteiger partial charge in [0.25, 0.3) is 0 Å². The highest BCUT2D eigenvalue weighted by Crippen LogP contribution is 2.41. The molecular formula is C32H39N2+. The maximum atomic E-state index is 2.49. The van der Waals surface area contributed by atoms with Crippen LogP contribution < -0.4 is 4.57 Å². The first-order chi connectivity index (χ1) is 16.7. The molecule has 4 rings (SSSR count). The first-order valence-electron chi connectivity index (χ1n) is 12.9. The van der Waals surface area contributed by atoms with Gasteiger partial charge in [-0.1, -0.05) is 124 Å². The van der Waals surface area contributed by atoms with Crippen molar-refractivity contribution < 1.29 is 4.57 Å². The molecule has 2 nitrogen and oxygen atoms in total. The molecule has 3 aromatic carbocycles. The molecule has 0 N–H and O–H groups in total. The lowest BCUT2D eigenvalue weighted by atomic mass is 9.70. The zero-order valence-electron chi connectivity index (χ0n) is 20.8. The highest BCUT2D eigenvalue weighted by Gasteiger charge is 2.40. The van der Waals surface area contributed by atoms with E-state index in [1.807, 2.05) is 0 Å². The summed E-state index contributed by atoms with van der Waals surface area (Å²) in [5.41, 5.74) is 4.14. The summed E-state index contributed by atoms with van der Waals surface area (Å²) in [6, 6.07) is 33.3. The predicted molar refractivity (Wildman–Crippen MR) is 142 cm³/mol. The Morgan fingerprint density at radius 2 is 1.38 bits per heavy atom. The molecule has 0 spiro atoms. The number of imidazole rings is 1. The Hall–Kier alpha value is -3.13. The van der Waals surface area contributed by atoms with Crippen LogP contribution in [0.15, 0.2) is 110 Å². The SMILES string of the molecule is CCCCCCC(n1cc[n+](Cc2ccccc2)c1)C(C)(Cc1ccccc1)c1ccccc1. The molecule has 0 aliphatic carbocycles. The minimum Gasteiger partial charge on any atom is -0.233 e. The van der Waals surface area contributed by atoms with Crippen LogP contribution in [0.1, 0.15) is 68.7 Å². The quantitative estimate of drug-likeness (QED) is 0.155. The lowest BCUT2D eigenvalue weighted by Crippen LogP contribution is -2.38. The molecule has 0 radical (unpaired) electrons. The molecule has 1 aromatic heterocycles. The molecule has 0 aliphatic rings. The highest BCUT2D eigenvalue weighted by molar-refractivity contribution is 5.31. The van der Waals surface area contributed by atoms with E-state index in [4.69, 9.17) is 0 Å². The normalized spacial score (nSPS) is 13.9. The van der Waals surface area contributed by atoms with E-state index >= 15 is 0 Å². The smallest absolute Gasteiger partial charge is 0.233 e. The van der Waals surface area contributed by atoms with Crippen LogP contribution in [0, 0.1) is 0 Å². The number of hydrogen-bond acceptors (Lipinski definition) is 0. The summed E-state index contributed by atoms with van der Waals surface area (Å²) < 4.78 is 4.81. The summed E-state index contributed by atoms with van der Waals surface area (Å²) in [6.45, 7) is 5.66. The van der Waals surface area contributed by atoms with Crippen LogP contribution in [0.2, 0.25) is 0 Å². The van der Waals surface area contributed by atoms with E-state index in [0.29, 0.717) is 6.04 Å². The van der Waals surface area contributed by atoms with Crippen molar-refractivity contribution in [2.75, 3.05) is 0 Å². The van der Waals surface area contributed by atoms with Crippen molar-refractivity contribution in [3.8, 4) is 0 Å². The Balaban J connectivity index is 1.69. The van der Waals surface area contributed by atoms with Gasteiger partial charge in [0.2, 0.25) is 6.33 Å². The molecule has 2 unspecified atom stereocenters. The molecule has 34 heavy (non-hydrogen) atoms. The van der Waals surface area contributed by atoms with E-state index < -0.39 is 0 Å².